The van der Waals surface area contributed by atoms with Crippen molar-refractivity contribution < 1.29 is 65.7 Å². The van der Waals surface area contributed by atoms with Crippen LogP contribution in [0.5, 0.6) is 0 Å². The molecule has 27 heteroatoms. The van der Waals surface area contributed by atoms with Crippen molar-refractivity contribution in [3.05, 3.63) is 195 Å². The number of anilines is 1. The summed E-state index contributed by atoms with van der Waals surface area (Å²) in [5.41, 5.74) is 8.38. The number of nitrogens with one attached hydrogen (secondary N) is 7. The number of carbonyl (C=O) groups is 8. The fourth-order valence-electron chi connectivity index (χ4n) is 11.8. The first-order valence-corrected chi connectivity index (χ1v) is 35.3. The number of aryl methyl sites for hydroxylation is 4. The highest BCUT2D eigenvalue weighted by Crippen LogP contribution is 2.42. The molecule has 7 aromatic rings. The normalized spacial score (nSPS) is 12.7. The molecule has 0 saturated heterocycles. The van der Waals surface area contributed by atoms with E-state index in [4.69, 9.17) is 29.7 Å². The Bertz CT molecular complexity index is 4130. The molecule has 2 heterocycles. The zero-order valence-corrected chi connectivity index (χ0v) is 60.4. The number of aromatic nitrogens is 3. The first-order valence-electron chi connectivity index (χ1n) is 33.9. The highest BCUT2D eigenvalue weighted by atomic mass is 32.2. The number of hydrogen-bond acceptors (Lipinski definition) is 18. The van der Waals surface area contributed by atoms with E-state index in [0.717, 1.165) is 34.9 Å². The number of fused-ring (bicyclic) bond motifs is 1. The fraction of sp³-hybridized carbons (Fsp3) is 0.413. The van der Waals surface area contributed by atoms with Gasteiger partial charge in [0.25, 0.3) is 5.91 Å². The average Bonchev–Trinajstić information content (AvgIpc) is 1.25. The third-order valence-corrected chi connectivity index (χ3v) is 17.9. The molecule has 26 nitrogen and oxygen atoms in total. The second-order valence-electron chi connectivity index (χ2n) is 26.7. The molecule has 0 spiro atoms. The minimum absolute atomic E-state index is 0.0265. The zero-order chi connectivity index (χ0) is 74.4. The van der Waals surface area contributed by atoms with Crippen molar-refractivity contribution in [1.82, 2.24) is 45.4 Å². The van der Waals surface area contributed by atoms with Crippen LogP contribution in [0.4, 0.5) is 5.95 Å². The first-order chi connectivity index (χ1) is 48.4. The molecule has 7 rings (SSSR count). The summed E-state index contributed by atoms with van der Waals surface area (Å²) < 4.78 is 55.1. The van der Waals surface area contributed by atoms with Crippen molar-refractivity contribution in [2.45, 2.75) is 160 Å². The number of hydrogen-bond donors (Lipinski definition) is 8. The average molecular weight is 1420 g/mol. The number of nitrogens with two attached hydrogens (primary N) is 1. The maximum absolute atomic E-state index is 14.5. The predicted molar refractivity (Wildman–Crippen MR) is 385 cm³/mol. The summed E-state index contributed by atoms with van der Waals surface area (Å²) in [5.74, 6) is -5.03. The van der Waals surface area contributed by atoms with E-state index < -0.39 is 111 Å². The Morgan fingerprint density at radius 3 is 1.71 bits per heavy atom. The Morgan fingerprint density at radius 2 is 1.17 bits per heavy atom. The molecule has 5 amide bonds. The van der Waals surface area contributed by atoms with E-state index in [-0.39, 0.29) is 80.5 Å². The molecule has 0 radical (unpaired) electrons. The number of ether oxygens (including phenoxy) is 4. The lowest BCUT2D eigenvalue weighted by Gasteiger charge is -2.38. The van der Waals surface area contributed by atoms with Gasteiger partial charge < -0.3 is 61.1 Å². The molecule has 0 fully saturated rings. The van der Waals surface area contributed by atoms with Gasteiger partial charge in [0.05, 0.1) is 36.4 Å². The number of amides is 5. The van der Waals surface area contributed by atoms with Gasteiger partial charge in [-0.3, -0.25) is 47.7 Å². The van der Waals surface area contributed by atoms with Crippen LogP contribution in [-0.4, -0.2) is 146 Å². The minimum atomic E-state index is -4.34. The van der Waals surface area contributed by atoms with Crippen LogP contribution in [0.1, 0.15) is 136 Å². The van der Waals surface area contributed by atoms with Gasteiger partial charge in [0.2, 0.25) is 45.0 Å². The van der Waals surface area contributed by atoms with E-state index in [1.54, 1.807) is 90.4 Å². The second kappa shape index (κ2) is 36.5. The Morgan fingerprint density at radius 1 is 0.637 bits per heavy atom. The highest BCUT2D eigenvalue weighted by Gasteiger charge is 2.40. The fourth-order valence-corrected chi connectivity index (χ4v) is 13.4. The third-order valence-electron chi connectivity index (χ3n) is 16.1. The van der Waals surface area contributed by atoms with Crippen LogP contribution in [0.3, 0.4) is 0 Å². The molecule has 0 bridgehead atoms. The van der Waals surface area contributed by atoms with Gasteiger partial charge in [0.15, 0.2) is 0 Å². The lowest BCUT2D eigenvalue weighted by atomic mass is 9.76. The number of esters is 3. The number of nitrogens with zero attached hydrogens (tertiary/aromatic N) is 3. The Kier molecular flexibility index (Phi) is 28.3. The van der Waals surface area contributed by atoms with Crippen molar-refractivity contribution in [2.75, 3.05) is 51.8 Å². The molecule has 546 valence electrons. The van der Waals surface area contributed by atoms with E-state index in [1.807, 2.05) is 73.8 Å². The summed E-state index contributed by atoms with van der Waals surface area (Å²) in [6.45, 7) is 15.9. The maximum Gasteiger partial charge on any atom is 0.325 e. The van der Waals surface area contributed by atoms with Gasteiger partial charge >= 0.3 is 17.9 Å². The van der Waals surface area contributed by atoms with Crippen molar-refractivity contribution in [2.24, 2.45) is 5.73 Å². The Labute approximate surface area is 595 Å². The van der Waals surface area contributed by atoms with Crippen LogP contribution in [0.25, 0.3) is 10.9 Å². The molecule has 3 atom stereocenters. The lowest BCUT2D eigenvalue weighted by molar-refractivity contribution is -0.158. The van der Waals surface area contributed by atoms with Crippen molar-refractivity contribution in [3.63, 3.8) is 0 Å². The molecule has 2 aromatic heterocycles. The van der Waals surface area contributed by atoms with E-state index >= 15 is 0 Å². The minimum Gasteiger partial charge on any atom is -0.468 e. The Balaban J connectivity index is 0.965. The third kappa shape index (κ3) is 22.5. The molecule has 0 aliphatic rings. The van der Waals surface area contributed by atoms with Gasteiger partial charge in [-0.15, -0.1) is 0 Å². The smallest absolute Gasteiger partial charge is 0.325 e. The van der Waals surface area contributed by atoms with Gasteiger partial charge in [-0.05, 0) is 127 Å². The van der Waals surface area contributed by atoms with Crippen LogP contribution in [0.2, 0.25) is 0 Å². The lowest BCUT2D eigenvalue weighted by Crippen LogP contribution is -2.53. The summed E-state index contributed by atoms with van der Waals surface area (Å²) in [4.78, 5) is 124. The van der Waals surface area contributed by atoms with Crippen LogP contribution in [0, 0.1) is 20.8 Å². The van der Waals surface area contributed by atoms with E-state index in [9.17, 15) is 51.6 Å². The number of imidazole rings is 1. The molecule has 5 aromatic carbocycles. The molecule has 0 aliphatic carbocycles. The second-order valence-corrected chi connectivity index (χ2v) is 28.4. The van der Waals surface area contributed by atoms with Crippen molar-refractivity contribution >= 4 is 74.3 Å². The predicted octanol–water partition coefficient (Wildman–Crippen LogP) is 6.42. The summed E-state index contributed by atoms with van der Waals surface area (Å²) in [5, 5.41) is 17.1. The number of methoxy groups -OCH3 is 1. The zero-order valence-electron chi connectivity index (χ0n) is 59.6. The van der Waals surface area contributed by atoms with E-state index in [0.29, 0.717) is 41.9 Å². The summed E-state index contributed by atoms with van der Waals surface area (Å²) in [7, 11) is -3.25. The SMILES string of the molecule is COC(=O)C(CNC(=O)c1cn(CCCNC(=O)CCC(=O)NCCCOCCCNC(=O)[C@@H](CC(=O)OC(C)(C)C)NC(=O)C(N)CC(=O)OC(C)(C)C)c2cc(CNc3nccn3C(c3ccccc3)(c3ccccc3)c3ccccc3)ccc2c1=O)NS(=O)(=O)c1c(C)cc(C)cc1C. The van der Waals surface area contributed by atoms with E-state index in [2.05, 4.69) is 77.6 Å². The number of pyridine rings is 1. The summed E-state index contributed by atoms with van der Waals surface area (Å²) >= 11 is 0. The quantitative estimate of drug-likeness (QED) is 0.00909. The van der Waals surface area contributed by atoms with Gasteiger partial charge in [-0.25, -0.2) is 13.4 Å². The molecule has 0 aliphatic heterocycles. The monoisotopic (exact) mass is 1420 g/mol. The molecular weight excluding hydrogens is 1330 g/mol. The van der Waals surface area contributed by atoms with Gasteiger partial charge in [0.1, 0.15) is 34.4 Å². The topological polar surface area (TPSA) is 358 Å². The van der Waals surface area contributed by atoms with Gasteiger partial charge in [0, 0.05) is 89.3 Å². The molecular formula is C75H95N11O15S. The standard InChI is InChI=1S/C75H95N11O15S/c1-49-41-50(2)67(51(3)42-49)102(96,97)84-60(71(95)98-10)47-81-68(92)57-48-85(61-43-52(29-30-56(61)66(57)91)46-82-72-80-36-38-86(72)75(53-23-14-11-15-24-53,54-25-16-12-17-26-54)55-27-18-13-19-28-55)37-20-33-77-62(87)31-32-63(88)78-34-21-39-99-40-22-35-79-70(94)59(45-65(90)101-74(7,8)9)83-69(93)58(76)44-64(89)100-73(4,5)6/h11-19,23-30,36,38,41-43,48,58-60,84H,20-22,31-35,37,39-40,44-47,76H2,1-10H3,(H,77,87)(H,78,88)(H,79,94)(H,80,82)(H,81,92)(H,83,93)/t58?,59-,60?/m1/s1. The van der Waals surface area contributed by atoms with E-state index in [1.165, 1.54) is 6.20 Å². The number of benzene rings is 5. The molecule has 0 saturated carbocycles. The summed E-state index contributed by atoms with van der Waals surface area (Å²) in [6.07, 6.45) is 4.98. The van der Waals surface area contributed by atoms with Crippen LogP contribution in [0.15, 0.2) is 150 Å². The molecule has 2 unspecified atom stereocenters. The van der Waals surface area contributed by atoms with Gasteiger partial charge in [-0.1, -0.05) is 115 Å². The Hall–Kier alpha value is -10.1. The van der Waals surface area contributed by atoms with Gasteiger partial charge in [-0.2, -0.15) is 4.72 Å². The maximum atomic E-state index is 14.5. The van der Waals surface area contributed by atoms with Crippen molar-refractivity contribution in [3.8, 4) is 0 Å². The van der Waals surface area contributed by atoms with Crippen LogP contribution >= 0.6 is 0 Å². The first kappa shape index (κ1) is 79.2. The van der Waals surface area contributed by atoms with Crippen LogP contribution < -0.4 is 47.8 Å². The number of rotatable bonds is 36. The molecule has 102 heavy (non-hydrogen) atoms. The summed E-state index contributed by atoms with van der Waals surface area (Å²) in [6, 6.07) is 34.8. The van der Waals surface area contributed by atoms with Crippen LogP contribution in [-0.2, 0) is 81.2 Å². The highest BCUT2D eigenvalue weighted by molar-refractivity contribution is 7.89. The molecule has 9 N–H and O–H groups in total. The van der Waals surface area contributed by atoms with Crippen molar-refractivity contribution in [1.29, 1.82) is 0 Å². The number of carbonyl (C=O) groups excluding carboxylic acids is 8. The number of sulfonamides is 1. The largest absolute Gasteiger partial charge is 0.468 e.